The standard InChI is InChI=1S/C10H15F3N2O4/c1-6(4-10(11,12)13)14-8(18)15-9(7(16)17)2-3-19-5-9/h6H,2-5H2,1H3,(H,16,17)(H2,14,15,18). The molecule has 0 aromatic heterocycles. The van der Waals surface area contributed by atoms with Crippen LogP contribution >= 0.6 is 0 Å². The van der Waals surface area contributed by atoms with Crippen LogP contribution in [0, 0.1) is 0 Å². The summed E-state index contributed by atoms with van der Waals surface area (Å²) < 4.78 is 41.1. The molecule has 19 heavy (non-hydrogen) atoms. The topological polar surface area (TPSA) is 87.7 Å². The molecule has 0 aromatic carbocycles. The van der Waals surface area contributed by atoms with Crippen molar-refractivity contribution in [3.63, 3.8) is 0 Å². The van der Waals surface area contributed by atoms with E-state index in [0.29, 0.717) is 0 Å². The zero-order valence-corrected chi connectivity index (χ0v) is 10.2. The first-order valence-corrected chi connectivity index (χ1v) is 5.61. The Bertz CT molecular complexity index is 353. The van der Waals surface area contributed by atoms with Gasteiger partial charge >= 0.3 is 18.2 Å². The van der Waals surface area contributed by atoms with E-state index in [1.165, 1.54) is 6.92 Å². The van der Waals surface area contributed by atoms with E-state index >= 15 is 0 Å². The second-order valence-corrected chi connectivity index (χ2v) is 4.51. The lowest BCUT2D eigenvalue weighted by molar-refractivity contribution is -0.144. The largest absolute Gasteiger partial charge is 0.479 e. The van der Waals surface area contributed by atoms with Gasteiger partial charge in [-0.1, -0.05) is 0 Å². The summed E-state index contributed by atoms with van der Waals surface area (Å²) >= 11 is 0. The first-order valence-electron chi connectivity index (χ1n) is 5.61. The van der Waals surface area contributed by atoms with Crippen LogP contribution in [0.5, 0.6) is 0 Å². The van der Waals surface area contributed by atoms with Crippen LogP contribution in [0.4, 0.5) is 18.0 Å². The zero-order chi connectivity index (χ0) is 14.7. The van der Waals surface area contributed by atoms with Crippen LogP contribution in [0.3, 0.4) is 0 Å². The minimum Gasteiger partial charge on any atom is -0.479 e. The van der Waals surface area contributed by atoms with E-state index in [9.17, 15) is 22.8 Å². The molecule has 0 radical (unpaired) electrons. The van der Waals surface area contributed by atoms with Gasteiger partial charge in [0, 0.05) is 19.1 Å². The van der Waals surface area contributed by atoms with Crippen LogP contribution in [-0.4, -0.2) is 48.1 Å². The van der Waals surface area contributed by atoms with Gasteiger partial charge in [-0.15, -0.1) is 0 Å². The summed E-state index contributed by atoms with van der Waals surface area (Å²) in [5.74, 6) is -1.27. The van der Waals surface area contributed by atoms with Crippen molar-refractivity contribution < 1.29 is 32.6 Å². The van der Waals surface area contributed by atoms with Crippen molar-refractivity contribution in [3.05, 3.63) is 0 Å². The summed E-state index contributed by atoms with van der Waals surface area (Å²) in [6.45, 7) is 1.15. The number of halogens is 3. The number of urea groups is 1. The summed E-state index contributed by atoms with van der Waals surface area (Å²) in [5, 5.41) is 13.3. The average molecular weight is 284 g/mol. The number of amides is 2. The second-order valence-electron chi connectivity index (χ2n) is 4.51. The third-order valence-corrected chi connectivity index (χ3v) is 2.70. The molecule has 0 spiro atoms. The van der Waals surface area contributed by atoms with Crippen molar-refractivity contribution in [1.82, 2.24) is 10.6 Å². The number of ether oxygens (including phenoxy) is 1. The minimum atomic E-state index is -4.40. The van der Waals surface area contributed by atoms with Crippen LogP contribution in [0.2, 0.25) is 0 Å². The molecule has 1 heterocycles. The van der Waals surface area contributed by atoms with E-state index in [2.05, 4.69) is 10.6 Å². The van der Waals surface area contributed by atoms with Gasteiger partial charge in [0.25, 0.3) is 0 Å². The maximum absolute atomic E-state index is 12.1. The smallest absolute Gasteiger partial charge is 0.391 e. The molecule has 0 saturated carbocycles. The molecule has 0 aliphatic carbocycles. The van der Waals surface area contributed by atoms with Gasteiger partial charge in [0.05, 0.1) is 13.0 Å². The van der Waals surface area contributed by atoms with Gasteiger partial charge in [-0.25, -0.2) is 9.59 Å². The highest BCUT2D eigenvalue weighted by molar-refractivity contribution is 5.86. The Hall–Kier alpha value is -1.51. The van der Waals surface area contributed by atoms with Crippen LogP contribution in [0.15, 0.2) is 0 Å². The van der Waals surface area contributed by atoms with Gasteiger partial charge in [0.1, 0.15) is 0 Å². The average Bonchev–Trinajstić information content (AvgIpc) is 2.63. The predicted octanol–water partition coefficient (Wildman–Crippen LogP) is 0.870. The van der Waals surface area contributed by atoms with Gasteiger partial charge in [0.2, 0.25) is 0 Å². The summed E-state index contributed by atoms with van der Waals surface area (Å²) in [4.78, 5) is 22.6. The molecule has 2 unspecified atom stereocenters. The van der Waals surface area contributed by atoms with Crippen molar-refractivity contribution in [1.29, 1.82) is 0 Å². The van der Waals surface area contributed by atoms with E-state index in [0.717, 1.165) is 0 Å². The molecule has 1 aliphatic rings. The van der Waals surface area contributed by atoms with Crippen LogP contribution in [-0.2, 0) is 9.53 Å². The first kappa shape index (κ1) is 15.5. The Balaban J connectivity index is 2.52. The lowest BCUT2D eigenvalue weighted by atomic mass is 9.99. The number of rotatable bonds is 4. The van der Waals surface area contributed by atoms with E-state index in [-0.39, 0.29) is 19.6 Å². The molecule has 110 valence electrons. The van der Waals surface area contributed by atoms with Gasteiger partial charge in [0.15, 0.2) is 5.54 Å². The lowest BCUT2D eigenvalue weighted by Gasteiger charge is -2.25. The quantitative estimate of drug-likeness (QED) is 0.715. The number of hydrogen-bond acceptors (Lipinski definition) is 3. The fraction of sp³-hybridized carbons (Fsp3) is 0.800. The van der Waals surface area contributed by atoms with E-state index < -0.39 is 36.2 Å². The van der Waals surface area contributed by atoms with E-state index in [1.54, 1.807) is 0 Å². The highest BCUT2D eigenvalue weighted by atomic mass is 19.4. The highest BCUT2D eigenvalue weighted by Gasteiger charge is 2.44. The summed E-state index contributed by atoms with van der Waals surface area (Å²) in [7, 11) is 0. The highest BCUT2D eigenvalue weighted by Crippen LogP contribution is 2.22. The third kappa shape index (κ3) is 4.58. The van der Waals surface area contributed by atoms with Crippen molar-refractivity contribution in [2.24, 2.45) is 0 Å². The van der Waals surface area contributed by atoms with Crippen LogP contribution in [0.1, 0.15) is 19.8 Å². The van der Waals surface area contributed by atoms with Gasteiger partial charge in [-0.2, -0.15) is 13.2 Å². The Labute approximate surface area is 107 Å². The number of hydrogen-bond donors (Lipinski definition) is 3. The second kappa shape index (κ2) is 5.64. The molecule has 1 rings (SSSR count). The fourth-order valence-electron chi connectivity index (χ4n) is 1.76. The Morgan fingerprint density at radius 2 is 2.11 bits per heavy atom. The maximum Gasteiger partial charge on any atom is 0.391 e. The monoisotopic (exact) mass is 284 g/mol. The molecular formula is C10H15F3N2O4. The molecule has 1 fully saturated rings. The zero-order valence-electron chi connectivity index (χ0n) is 10.2. The molecule has 1 aliphatic heterocycles. The number of nitrogens with one attached hydrogen (secondary N) is 2. The molecule has 6 nitrogen and oxygen atoms in total. The summed E-state index contributed by atoms with van der Waals surface area (Å²) in [5.41, 5.74) is -1.57. The Morgan fingerprint density at radius 1 is 1.47 bits per heavy atom. The van der Waals surface area contributed by atoms with Crippen LogP contribution < -0.4 is 10.6 Å². The van der Waals surface area contributed by atoms with Crippen molar-refractivity contribution in [2.45, 2.75) is 37.5 Å². The molecular weight excluding hydrogens is 269 g/mol. The minimum absolute atomic E-state index is 0.0728. The number of carboxylic acid groups (broad SMARTS) is 1. The molecule has 3 N–H and O–H groups in total. The number of carbonyl (C=O) groups is 2. The van der Waals surface area contributed by atoms with Crippen molar-refractivity contribution in [2.75, 3.05) is 13.2 Å². The Kier molecular flexibility index (Phi) is 4.61. The molecule has 1 saturated heterocycles. The van der Waals surface area contributed by atoms with Gasteiger partial charge < -0.3 is 20.5 Å². The Morgan fingerprint density at radius 3 is 2.53 bits per heavy atom. The van der Waals surface area contributed by atoms with E-state index in [4.69, 9.17) is 9.84 Å². The number of carbonyl (C=O) groups excluding carboxylic acids is 1. The fourth-order valence-corrected chi connectivity index (χ4v) is 1.76. The lowest BCUT2D eigenvalue weighted by Crippen LogP contribution is -2.58. The number of aliphatic carboxylic acids is 1. The molecule has 0 aromatic rings. The van der Waals surface area contributed by atoms with Crippen LogP contribution in [0.25, 0.3) is 0 Å². The number of alkyl halides is 3. The summed E-state index contributed by atoms with van der Waals surface area (Å²) in [6.07, 6.45) is -5.51. The van der Waals surface area contributed by atoms with E-state index in [1.807, 2.05) is 0 Å². The SMILES string of the molecule is CC(CC(F)(F)F)NC(=O)NC1(C(=O)O)CCOC1. The molecule has 0 bridgehead atoms. The third-order valence-electron chi connectivity index (χ3n) is 2.70. The van der Waals surface area contributed by atoms with Gasteiger partial charge in [-0.05, 0) is 6.92 Å². The van der Waals surface area contributed by atoms with Crippen molar-refractivity contribution >= 4 is 12.0 Å². The number of carboxylic acids is 1. The molecule has 2 atom stereocenters. The first-order chi connectivity index (χ1) is 8.65. The normalized spacial score (nSPS) is 24.8. The maximum atomic E-state index is 12.1. The molecule has 2 amide bonds. The molecule has 9 heteroatoms. The van der Waals surface area contributed by atoms with Crippen molar-refractivity contribution in [3.8, 4) is 0 Å². The predicted molar refractivity (Wildman–Crippen MR) is 57.6 cm³/mol. The van der Waals surface area contributed by atoms with Gasteiger partial charge in [-0.3, -0.25) is 0 Å². The summed E-state index contributed by atoms with van der Waals surface area (Å²) in [6, 6.07) is -2.10.